The van der Waals surface area contributed by atoms with Crippen molar-refractivity contribution in [2.75, 3.05) is 40.1 Å². The van der Waals surface area contributed by atoms with Crippen molar-refractivity contribution in [2.45, 2.75) is 55.7 Å². The molecule has 16 nitrogen and oxygen atoms in total. The molecule has 266 valence electrons. The summed E-state index contributed by atoms with van der Waals surface area (Å²) in [4.78, 5) is 29.1. The summed E-state index contributed by atoms with van der Waals surface area (Å²) in [5, 5.41) is 50.1. The quantitative estimate of drug-likeness (QED) is 0.151. The smallest absolute Gasteiger partial charge is 0.317 e. The number of hydrogen-bond acceptors (Lipinski definition) is 15. The second-order valence-corrected chi connectivity index (χ2v) is 12.3. The molecule has 50 heavy (non-hydrogen) atoms. The van der Waals surface area contributed by atoms with Gasteiger partial charge in [0.15, 0.2) is 11.5 Å². The van der Waals surface area contributed by atoms with Crippen LogP contribution in [0.3, 0.4) is 0 Å². The van der Waals surface area contributed by atoms with E-state index in [0.29, 0.717) is 36.1 Å². The topological polar surface area (TPSA) is 215 Å². The molecule has 5 heterocycles. The number of fused-ring (bicyclic) bond motifs is 6. The maximum Gasteiger partial charge on any atom is 0.317 e. The third kappa shape index (κ3) is 6.31. The minimum atomic E-state index is -1.74. The Balaban J connectivity index is 1.19. The lowest BCUT2D eigenvalue weighted by molar-refractivity contribution is -0.278. The number of ether oxygens (including phenoxy) is 7. The normalized spacial score (nSPS) is 27.1. The van der Waals surface area contributed by atoms with Gasteiger partial charge in [0.25, 0.3) is 0 Å². The van der Waals surface area contributed by atoms with Crippen LogP contribution in [0.1, 0.15) is 35.1 Å². The first-order valence-electron chi connectivity index (χ1n) is 16.0. The lowest BCUT2D eigenvalue weighted by Gasteiger charge is -2.40. The molecule has 0 amide bonds. The maximum atomic E-state index is 11.8. The van der Waals surface area contributed by atoms with Gasteiger partial charge in [0.2, 0.25) is 12.0 Å². The predicted octanol–water partition coefficient (Wildman–Crippen LogP) is 0.548. The van der Waals surface area contributed by atoms with Gasteiger partial charge in [-0.3, -0.25) is 14.6 Å². The van der Waals surface area contributed by atoms with E-state index in [1.165, 1.54) is 7.11 Å². The zero-order chi connectivity index (χ0) is 35.1. The number of carbonyl (C=O) groups excluding carboxylic acids is 1. The molecule has 2 aromatic rings. The Kier molecular flexibility index (Phi) is 9.28. The highest BCUT2D eigenvalue weighted by atomic mass is 16.7. The number of rotatable bonds is 12. The van der Waals surface area contributed by atoms with E-state index in [0.717, 1.165) is 28.0 Å². The van der Waals surface area contributed by atoms with Gasteiger partial charge in [-0.15, -0.1) is 0 Å². The number of aliphatic imine (C=N–C) groups is 1. The van der Waals surface area contributed by atoms with E-state index in [2.05, 4.69) is 9.89 Å². The second-order valence-electron chi connectivity index (χ2n) is 12.3. The SMILES string of the molecule is COc1ccc2c(c1OCCO)OC1c3c(CN4C=C5N=CC=C5C4)cc(OC4OC(COC(=O)CC(=O)O)C(O)C(O)C4O)cc3OCC21. The van der Waals surface area contributed by atoms with Crippen molar-refractivity contribution in [3.8, 4) is 28.7 Å². The van der Waals surface area contributed by atoms with Gasteiger partial charge in [-0.05, 0) is 23.8 Å². The van der Waals surface area contributed by atoms with E-state index in [9.17, 15) is 30.0 Å². The molecular formula is C34H36N2O14. The van der Waals surface area contributed by atoms with E-state index < -0.39 is 61.8 Å². The number of aliphatic carboxylic acids is 1. The zero-order valence-corrected chi connectivity index (χ0v) is 26.8. The highest BCUT2D eigenvalue weighted by molar-refractivity contribution is 5.90. The summed E-state index contributed by atoms with van der Waals surface area (Å²) in [5.74, 6) is -0.679. The van der Waals surface area contributed by atoms with E-state index >= 15 is 0 Å². The first kappa shape index (κ1) is 33.6. The van der Waals surface area contributed by atoms with Crippen LogP contribution in [0.25, 0.3) is 0 Å². The van der Waals surface area contributed by atoms with E-state index in [1.54, 1.807) is 24.4 Å². The van der Waals surface area contributed by atoms with Crippen molar-refractivity contribution in [3.05, 3.63) is 64.5 Å². The molecule has 0 aliphatic carbocycles. The number of carbonyl (C=O) groups is 2. The van der Waals surface area contributed by atoms with E-state index in [-0.39, 0.29) is 31.5 Å². The third-order valence-corrected chi connectivity index (χ3v) is 9.07. The molecule has 16 heteroatoms. The number of carboxylic acid groups (broad SMARTS) is 1. The van der Waals surface area contributed by atoms with Gasteiger partial charge in [0, 0.05) is 48.3 Å². The molecule has 7 atom stereocenters. The Hall–Kier alpha value is -4.87. The first-order chi connectivity index (χ1) is 24.1. The lowest BCUT2D eigenvalue weighted by Crippen LogP contribution is -2.60. The molecule has 0 radical (unpaired) electrons. The Morgan fingerprint density at radius 3 is 2.72 bits per heavy atom. The predicted molar refractivity (Wildman–Crippen MR) is 169 cm³/mol. The molecular weight excluding hydrogens is 660 g/mol. The number of aliphatic hydroxyl groups is 4. The van der Waals surface area contributed by atoms with Gasteiger partial charge < -0.3 is 63.6 Å². The molecule has 7 rings (SSSR count). The number of aliphatic hydroxyl groups excluding tert-OH is 4. The molecule has 0 aromatic heterocycles. The highest BCUT2D eigenvalue weighted by Gasteiger charge is 2.47. The Morgan fingerprint density at radius 1 is 1.12 bits per heavy atom. The van der Waals surface area contributed by atoms with Crippen LogP contribution in [0.15, 0.2) is 52.8 Å². The van der Waals surface area contributed by atoms with Crippen molar-refractivity contribution >= 4 is 18.2 Å². The lowest BCUT2D eigenvalue weighted by atomic mass is 9.86. The molecule has 0 saturated carbocycles. The molecule has 0 spiro atoms. The number of methoxy groups -OCH3 is 1. The van der Waals surface area contributed by atoms with Crippen LogP contribution in [0.4, 0.5) is 0 Å². The van der Waals surface area contributed by atoms with E-state index in [4.69, 9.17) is 38.3 Å². The van der Waals surface area contributed by atoms with Crippen LogP contribution in [0.5, 0.6) is 28.7 Å². The number of hydrogen-bond donors (Lipinski definition) is 5. The summed E-state index contributed by atoms with van der Waals surface area (Å²) in [6.07, 6.45) is -3.68. The third-order valence-electron chi connectivity index (χ3n) is 9.07. The van der Waals surface area contributed by atoms with Crippen LogP contribution < -0.4 is 23.7 Å². The van der Waals surface area contributed by atoms with Gasteiger partial charge in [0.05, 0.1) is 31.9 Å². The van der Waals surface area contributed by atoms with Gasteiger partial charge in [0.1, 0.15) is 61.7 Å². The van der Waals surface area contributed by atoms with Crippen LogP contribution in [0.2, 0.25) is 0 Å². The van der Waals surface area contributed by atoms with E-state index in [1.807, 2.05) is 18.3 Å². The summed E-state index contributed by atoms with van der Waals surface area (Å²) >= 11 is 0. The van der Waals surface area contributed by atoms with Crippen molar-refractivity contribution in [2.24, 2.45) is 4.99 Å². The van der Waals surface area contributed by atoms with Gasteiger partial charge in [-0.25, -0.2) is 0 Å². The Labute approximate surface area is 285 Å². The van der Waals surface area contributed by atoms with Crippen LogP contribution in [0, 0.1) is 0 Å². The standard InChI is InChI=1S/C34H36N2O14/c1-44-22-3-2-19-20-14-46-23-9-18(48-34-30(43)29(42)28(41)24(49-34)15-47-26(40)10-25(38)39)8-17(12-36-11-16-4-5-35-21(16)13-36)27(23)31(20)50-32(19)33(22)45-7-6-37/h2-5,8-9,13,20,24,28-31,34,37,41-43H,6-7,10-12,14-15H2,1H3,(H,38,39). The minimum Gasteiger partial charge on any atom is -0.493 e. The molecule has 5 aliphatic rings. The van der Waals surface area contributed by atoms with Crippen molar-refractivity contribution in [1.29, 1.82) is 0 Å². The molecule has 5 N–H and O–H groups in total. The van der Waals surface area contributed by atoms with Crippen LogP contribution in [-0.4, -0.2) is 119 Å². The minimum absolute atomic E-state index is 0.0406. The largest absolute Gasteiger partial charge is 0.493 e. The first-order valence-corrected chi connectivity index (χ1v) is 16.0. The summed E-state index contributed by atoms with van der Waals surface area (Å²) in [6, 6.07) is 7.06. The summed E-state index contributed by atoms with van der Waals surface area (Å²) in [6.45, 7) is 0.490. The monoisotopic (exact) mass is 696 g/mol. The van der Waals surface area contributed by atoms with Crippen molar-refractivity contribution < 1.29 is 68.3 Å². The molecule has 7 unspecified atom stereocenters. The van der Waals surface area contributed by atoms with Crippen LogP contribution >= 0.6 is 0 Å². The van der Waals surface area contributed by atoms with Gasteiger partial charge in [-0.1, -0.05) is 6.07 Å². The number of esters is 1. The van der Waals surface area contributed by atoms with Crippen molar-refractivity contribution in [3.63, 3.8) is 0 Å². The fourth-order valence-electron chi connectivity index (χ4n) is 6.72. The Morgan fingerprint density at radius 2 is 1.96 bits per heavy atom. The fraction of sp³-hybridized carbons (Fsp3) is 0.441. The van der Waals surface area contributed by atoms with Gasteiger partial charge in [-0.2, -0.15) is 0 Å². The Bertz CT molecular complexity index is 1760. The zero-order valence-electron chi connectivity index (χ0n) is 26.8. The molecule has 1 saturated heterocycles. The number of benzene rings is 2. The average molecular weight is 697 g/mol. The number of nitrogens with zero attached hydrogens (tertiary/aromatic N) is 2. The molecule has 5 aliphatic heterocycles. The molecule has 0 bridgehead atoms. The number of allylic oxidation sites excluding steroid dienone is 1. The van der Waals surface area contributed by atoms with Crippen molar-refractivity contribution in [1.82, 2.24) is 4.90 Å². The summed E-state index contributed by atoms with van der Waals surface area (Å²) in [5.41, 5.74) is 4.32. The second kappa shape index (κ2) is 13.8. The highest BCUT2D eigenvalue weighted by Crippen LogP contribution is 2.57. The van der Waals surface area contributed by atoms with Gasteiger partial charge >= 0.3 is 11.9 Å². The summed E-state index contributed by atoms with van der Waals surface area (Å²) in [7, 11) is 1.52. The maximum absolute atomic E-state index is 11.8. The molecule has 2 aromatic carbocycles. The summed E-state index contributed by atoms with van der Waals surface area (Å²) < 4.78 is 41.0. The average Bonchev–Trinajstić information content (AvgIpc) is 3.80. The van der Waals surface area contributed by atoms with Crippen LogP contribution in [-0.2, 0) is 25.6 Å². The molecule has 1 fully saturated rings. The number of carboxylic acids is 1. The fourth-order valence-corrected chi connectivity index (χ4v) is 6.72.